The van der Waals surface area contributed by atoms with Crippen LogP contribution in [-0.4, -0.2) is 53.6 Å². The Morgan fingerprint density at radius 3 is 2.73 bits per heavy atom. The highest BCUT2D eigenvalue weighted by Gasteiger charge is 2.34. The molecule has 0 N–H and O–H groups in total. The molecule has 0 aliphatic carbocycles. The summed E-state index contributed by atoms with van der Waals surface area (Å²) < 4.78 is 5.91. The van der Waals surface area contributed by atoms with Crippen molar-refractivity contribution >= 4 is 11.6 Å². The lowest BCUT2D eigenvalue weighted by Crippen LogP contribution is -2.45. The van der Waals surface area contributed by atoms with Gasteiger partial charge >= 0.3 is 0 Å². The Labute approximate surface area is 160 Å². The van der Waals surface area contributed by atoms with Crippen LogP contribution in [0.25, 0.3) is 0 Å². The van der Waals surface area contributed by atoms with Crippen LogP contribution in [0.1, 0.15) is 18.5 Å². The van der Waals surface area contributed by atoms with Crippen LogP contribution in [0.5, 0.6) is 5.75 Å². The van der Waals surface area contributed by atoms with Gasteiger partial charge in [-0.2, -0.15) is 0 Å². The van der Waals surface area contributed by atoms with Gasteiger partial charge in [-0.25, -0.2) is 0 Å². The van der Waals surface area contributed by atoms with E-state index in [1.165, 1.54) is 31.6 Å². The maximum Gasteiger partial charge on any atom is 0.119 e. The Morgan fingerprint density at radius 1 is 1.04 bits per heavy atom. The molecular weight excluding hydrogens is 346 g/mol. The third-order valence-corrected chi connectivity index (χ3v) is 5.73. The van der Waals surface area contributed by atoms with Gasteiger partial charge in [0.25, 0.3) is 0 Å². The fourth-order valence-electron chi connectivity index (χ4n) is 4.21. The average molecular weight is 372 g/mol. The van der Waals surface area contributed by atoms with E-state index in [0.717, 1.165) is 42.9 Å². The van der Waals surface area contributed by atoms with Crippen LogP contribution in [0.3, 0.4) is 0 Å². The van der Waals surface area contributed by atoms with Crippen LogP contribution in [-0.2, 0) is 6.54 Å². The topological polar surface area (TPSA) is 28.6 Å². The molecule has 0 spiro atoms. The molecule has 5 heteroatoms. The predicted molar refractivity (Wildman–Crippen MR) is 105 cm³/mol. The van der Waals surface area contributed by atoms with E-state index in [1.807, 2.05) is 36.5 Å². The molecule has 4 heterocycles. The minimum Gasteiger partial charge on any atom is -0.492 e. The number of pyridine rings is 1. The van der Waals surface area contributed by atoms with E-state index in [1.54, 1.807) is 0 Å². The Kier molecular flexibility index (Phi) is 5.73. The zero-order valence-electron chi connectivity index (χ0n) is 15.1. The molecule has 4 nitrogen and oxygen atoms in total. The number of hydrogen-bond acceptors (Lipinski definition) is 4. The third kappa shape index (κ3) is 4.56. The number of nitrogens with zero attached hydrogens (tertiary/aromatic N) is 3. The van der Waals surface area contributed by atoms with Gasteiger partial charge in [0.15, 0.2) is 0 Å². The molecule has 26 heavy (non-hydrogen) atoms. The molecule has 3 aliphatic heterocycles. The summed E-state index contributed by atoms with van der Waals surface area (Å²) in [5.74, 6) is 1.65. The van der Waals surface area contributed by atoms with E-state index < -0.39 is 0 Å². The van der Waals surface area contributed by atoms with Crippen molar-refractivity contribution in [3.63, 3.8) is 0 Å². The zero-order valence-corrected chi connectivity index (χ0v) is 15.8. The van der Waals surface area contributed by atoms with Crippen LogP contribution in [0.4, 0.5) is 0 Å². The number of piperidine rings is 1. The van der Waals surface area contributed by atoms with Gasteiger partial charge in [0.2, 0.25) is 0 Å². The molecule has 1 aromatic carbocycles. The average Bonchev–Trinajstić information content (AvgIpc) is 2.95. The van der Waals surface area contributed by atoms with Gasteiger partial charge in [0, 0.05) is 50.0 Å². The molecule has 0 unspecified atom stereocenters. The first kappa shape index (κ1) is 17.8. The number of rotatable bonds is 6. The van der Waals surface area contributed by atoms with Gasteiger partial charge < -0.3 is 4.74 Å². The van der Waals surface area contributed by atoms with Crippen LogP contribution in [0.2, 0.25) is 5.02 Å². The van der Waals surface area contributed by atoms with Gasteiger partial charge in [-0.1, -0.05) is 17.7 Å². The standard InChI is InChI=1S/C21H26ClN3O/c22-18-5-8-21(9-6-18)26-12-11-25-14-17-4-7-20(25)16-24(13-17)15-19-3-1-2-10-23-19/h1-3,5-6,8-10,17,20H,4,7,11-16H2/t17-,20+/m0/s1. The fourth-order valence-corrected chi connectivity index (χ4v) is 4.34. The second kappa shape index (κ2) is 8.38. The maximum atomic E-state index is 5.93. The second-order valence-electron chi connectivity index (χ2n) is 7.41. The van der Waals surface area contributed by atoms with Crippen LogP contribution >= 0.6 is 11.6 Å². The van der Waals surface area contributed by atoms with Crippen molar-refractivity contribution < 1.29 is 4.74 Å². The summed E-state index contributed by atoms with van der Waals surface area (Å²) in [6.45, 7) is 6.18. The summed E-state index contributed by atoms with van der Waals surface area (Å²) in [6.07, 6.45) is 4.53. The molecule has 3 aliphatic rings. The summed E-state index contributed by atoms with van der Waals surface area (Å²) in [6, 6.07) is 14.4. The van der Waals surface area contributed by atoms with Gasteiger partial charge in [-0.3, -0.25) is 14.8 Å². The summed E-state index contributed by atoms with van der Waals surface area (Å²) in [7, 11) is 0. The van der Waals surface area contributed by atoms with Crippen molar-refractivity contribution in [3.8, 4) is 5.75 Å². The van der Waals surface area contributed by atoms with E-state index in [4.69, 9.17) is 16.3 Å². The highest BCUT2D eigenvalue weighted by atomic mass is 35.5. The Hall–Kier alpha value is -1.62. The monoisotopic (exact) mass is 371 g/mol. The molecule has 2 aromatic rings. The molecule has 5 rings (SSSR count). The molecule has 0 amide bonds. The van der Waals surface area contributed by atoms with E-state index in [2.05, 4.69) is 26.9 Å². The minimum atomic E-state index is 0.631. The normalized spacial score (nSPS) is 23.7. The molecule has 3 fully saturated rings. The number of aromatic nitrogens is 1. The highest BCUT2D eigenvalue weighted by Crippen LogP contribution is 2.28. The minimum absolute atomic E-state index is 0.631. The highest BCUT2D eigenvalue weighted by molar-refractivity contribution is 6.30. The van der Waals surface area contributed by atoms with Gasteiger partial charge in [0.05, 0.1) is 5.69 Å². The fraction of sp³-hybridized carbons (Fsp3) is 0.476. The second-order valence-corrected chi connectivity index (χ2v) is 7.85. The molecule has 2 bridgehead atoms. The van der Waals surface area contributed by atoms with E-state index >= 15 is 0 Å². The number of fused-ring (bicyclic) bond motifs is 4. The molecule has 1 aromatic heterocycles. The van der Waals surface area contributed by atoms with Gasteiger partial charge in [-0.15, -0.1) is 0 Å². The molecule has 0 radical (unpaired) electrons. The van der Waals surface area contributed by atoms with Crippen molar-refractivity contribution in [1.82, 2.24) is 14.8 Å². The largest absolute Gasteiger partial charge is 0.492 e. The predicted octanol–water partition coefficient (Wildman–Crippen LogP) is 3.71. The van der Waals surface area contributed by atoms with Crippen molar-refractivity contribution in [2.24, 2.45) is 5.92 Å². The van der Waals surface area contributed by atoms with Crippen molar-refractivity contribution in [1.29, 1.82) is 0 Å². The first-order valence-corrected chi connectivity index (χ1v) is 9.89. The quantitative estimate of drug-likeness (QED) is 0.774. The number of ether oxygens (including phenoxy) is 1. The van der Waals surface area contributed by atoms with Gasteiger partial charge in [-0.05, 0) is 55.2 Å². The SMILES string of the molecule is Clc1ccc(OCCN2C[C@H]3CC[C@@H]2CN(Cc2ccccn2)C3)cc1. The first-order valence-electron chi connectivity index (χ1n) is 9.51. The van der Waals surface area contributed by atoms with Crippen LogP contribution in [0.15, 0.2) is 48.7 Å². The number of hydrogen-bond donors (Lipinski definition) is 0. The molecule has 2 atom stereocenters. The summed E-state index contributed by atoms with van der Waals surface area (Å²) in [5, 5.41) is 0.746. The lowest BCUT2D eigenvalue weighted by Gasteiger charge is -2.36. The van der Waals surface area contributed by atoms with E-state index in [9.17, 15) is 0 Å². The lowest BCUT2D eigenvalue weighted by molar-refractivity contribution is 0.109. The van der Waals surface area contributed by atoms with Crippen LogP contribution in [0, 0.1) is 5.92 Å². The molecule has 3 saturated heterocycles. The third-order valence-electron chi connectivity index (χ3n) is 5.48. The number of benzene rings is 1. The Bertz CT molecular complexity index is 694. The maximum absolute atomic E-state index is 5.93. The van der Waals surface area contributed by atoms with E-state index in [-0.39, 0.29) is 0 Å². The Balaban J connectivity index is 1.31. The summed E-state index contributed by atoms with van der Waals surface area (Å²) in [5.41, 5.74) is 1.17. The van der Waals surface area contributed by atoms with Crippen LogP contribution < -0.4 is 4.74 Å². The first-order chi connectivity index (χ1) is 12.8. The van der Waals surface area contributed by atoms with Crippen molar-refractivity contribution in [2.45, 2.75) is 25.4 Å². The zero-order chi connectivity index (χ0) is 17.8. The molecule has 138 valence electrons. The smallest absolute Gasteiger partial charge is 0.119 e. The lowest BCUT2D eigenvalue weighted by atomic mass is 9.95. The van der Waals surface area contributed by atoms with Crippen molar-refractivity contribution in [2.75, 3.05) is 32.8 Å². The Morgan fingerprint density at radius 2 is 1.92 bits per heavy atom. The molecular formula is C21H26ClN3O. The summed E-state index contributed by atoms with van der Waals surface area (Å²) >= 11 is 5.93. The number of halogens is 1. The summed E-state index contributed by atoms with van der Waals surface area (Å²) in [4.78, 5) is 9.71. The van der Waals surface area contributed by atoms with Gasteiger partial charge in [0.1, 0.15) is 12.4 Å². The molecule has 0 saturated carbocycles. The van der Waals surface area contributed by atoms with E-state index in [0.29, 0.717) is 6.04 Å². The van der Waals surface area contributed by atoms with Crippen molar-refractivity contribution in [3.05, 3.63) is 59.4 Å².